The zero-order chi connectivity index (χ0) is 8.27. The Bertz CT molecular complexity index is 248. The van der Waals surface area contributed by atoms with Crippen molar-refractivity contribution in [3.05, 3.63) is 28.8 Å². The standard InChI is InChI=1S/C8H8Cl2S/c9-4-3-6-5-7(10)1-2-8(6)11/h1-2,5,11H,3-4H2. The van der Waals surface area contributed by atoms with E-state index >= 15 is 0 Å². The molecule has 0 aliphatic rings. The molecule has 0 aliphatic carbocycles. The fourth-order valence-corrected chi connectivity index (χ4v) is 1.51. The minimum atomic E-state index is 0.605. The van der Waals surface area contributed by atoms with Crippen molar-refractivity contribution in [2.45, 2.75) is 11.3 Å². The normalized spacial score (nSPS) is 10.1. The van der Waals surface area contributed by atoms with E-state index in [1.807, 2.05) is 18.2 Å². The van der Waals surface area contributed by atoms with Gasteiger partial charge in [0.05, 0.1) is 0 Å². The minimum absolute atomic E-state index is 0.605. The van der Waals surface area contributed by atoms with Crippen molar-refractivity contribution < 1.29 is 0 Å². The highest BCUT2D eigenvalue weighted by Gasteiger charge is 1.98. The van der Waals surface area contributed by atoms with Gasteiger partial charge in [-0.3, -0.25) is 0 Å². The summed E-state index contributed by atoms with van der Waals surface area (Å²) in [4.78, 5) is 0.954. The number of hydrogen-bond acceptors (Lipinski definition) is 1. The first-order valence-corrected chi connectivity index (χ1v) is 4.63. The van der Waals surface area contributed by atoms with Crippen LogP contribution in [0.3, 0.4) is 0 Å². The molecular formula is C8H8Cl2S. The monoisotopic (exact) mass is 206 g/mol. The molecule has 0 bridgehead atoms. The van der Waals surface area contributed by atoms with Crippen molar-refractivity contribution in [3.63, 3.8) is 0 Å². The summed E-state index contributed by atoms with van der Waals surface area (Å²) in [7, 11) is 0. The van der Waals surface area contributed by atoms with Crippen LogP contribution >= 0.6 is 35.8 Å². The first-order chi connectivity index (χ1) is 5.24. The van der Waals surface area contributed by atoms with Gasteiger partial charge in [-0.05, 0) is 30.2 Å². The lowest BCUT2D eigenvalue weighted by atomic mass is 10.2. The number of thiol groups is 1. The second-order valence-corrected chi connectivity index (χ2v) is 3.51. The number of hydrogen-bond donors (Lipinski definition) is 1. The summed E-state index contributed by atoms with van der Waals surface area (Å²) in [5.74, 6) is 0.605. The predicted octanol–water partition coefficient (Wildman–Crippen LogP) is 3.41. The van der Waals surface area contributed by atoms with Crippen molar-refractivity contribution in [2.24, 2.45) is 0 Å². The van der Waals surface area contributed by atoms with Crippen LogP contribution < -0.4 is 0 Å². The predicted molar refractivity (Wildman–Crippen MR) is 53.1 cm³/mol. The first-order valence-electron chi connectivity index (χ1n) is 3.27. The molecule has 0 amide bonds. The van der Waals surface area contributed by atoms with Gasteiger partial charge in [0.15, 0.2) is 0 Å². The molecular weight excluding hydrogens is 199 g/mol. The Hall–Kier alpha value is 0.150. The number of alkyl halides is 1. The highest BCUT2D eigenvalue weighted by Crippen LogP contribution is 2.19. The topological polar surface area (TPSA) is 0 Å². The Morgan fingerprint density at radius 3 is 2.73 bits per heavy atom. The van der Waals surface area contributed by atoms with Crippen molar-refractivity contribution >= 4 is 35.8 Å². The maximum atomic E-state index is 5.78. The molecule has 0 radical (unpaired) electrons. The third-order valence-electron chi connectivity index (χ3n) is 1.41. The van der Waals surface area contributed by atoms with E-state index in [2.05, 4.69) is 12.6 Å². The molecule has 0 aromatic heterocycles. The third-order valence-corrected chi connectivity index (χ3v) is 2.27. The van der Waals surface area contributed by atoms with Gasteiger partial charge < -0.3 is 0 Å². The van der Waals surface area contributed by atoms with E-state index in [9.17, 15) is 0 Å². The van der Waals surface area contributed by atoms with Crippen LogP contribution in [0, 0.1) is 0 Å². The molecule has 0 spiro atoms. The quantitative estimate of drug-likeness (QED) is 0.557. The Morgan fingerprint density at radius 2 is 2.09 bits per heavy atom. The molecule has 0 fully saturated rings. The van der Waals surface area contributed by atoms with Gasteiger partial charge in [-0.15, -0.1) is 24.2 Å². The summed E-state index contributed by atoms with van der Waals surface area (Å²) in [6.07, 6.45) is 0.820. The highest BCUT2D eigenvalue weighted by molar-refractivity contribution is 7.80. The Morgan fingerprint density at radius 1 is 1.36 bits per heavy atom. The van der Waals surface area contributed by atoms with Gasteiger partial charge in [-0.2, -0.15) is 0 Å². The molecule has 0 atom stereocenters. The average Bonchev–Trinajstić information content (AvgIpc) is 1.98. The third kappa shape index (κ3) is 2.58. The molecule has 0 unspecified atom stereocenters. The second-order valence-electron chi connectivity index (χ2n) is 2.21. The maximum Gasteiger partial charge on any atom is 0.0409 e. The molecule has 60 valence electrons. The molecule has 0 saturated carbocycles. The van der Waals surface area contributed by atoms with Crippen LogP contribution in [0.2, 0.25) is 5.02 Å². The van der Waals surface area contributed by atoms with Crippen LogP contribution in [0.4, 0.5) is 0 Å². The molecule has 1 aromatic rings. The lowest BCUT2D eigenvalue weighted by Crippen LogP contribution is -1.87. The molecule has 1 rings (SSSR count). The number of aryl methyl sites for hydroxylation is 1. The Labute approximate surface area is 81.9 Å². The maximum absolute atomic E-state index is 5.78. The van der Waals surface area contributed by atoms with Crippen molar-refractivity contribution in [1.29, 1.82) is 0 Å². The molecule has 11 heavy (non-hydrogen) atoms. The molecule has 0 nitrogen and oxygen atoms in total. The average molecular weight is 207 g/mol. The van der Waals surface area contributed by atoms with Gasteiger partial charge in [-0.1, -0.05) is 11.6 Å². The summed E-state index contributed by atoms with van der Waals surface area (Å²) in [5.41, 5.74) is 1.11. The second kappa shape index (κ2) is 4.24. The largest absolute Gasteiger partial charge is 0.143 e. The van der Waals surface area contributed by atoms with Crippen LogP contribution in [0.5, 0.6) is 0 Å². The number of rotatable bonds is 2. The number of halogens is 2. The van der Waals surface area contributed by atoms with Crippen LogP contribution in [0.15, 0.2) is 23.1 Å². The Kier molecular flexibility index (Phi) is 3.57. The van der Waals surface area contributed by atoms with E-state index in [0.717, 1.165) is 21.9 Å². The molecule has 0 heterocycles. The molecule has 0 saturated heterocycles. The lowest BCUT2D eigenvalue weighted by molar-refractivity contribution is 1.09. The van der Waals surface area contributed by atoms with E-state index in [-0.39, 0.29) is 0 Å². The summed E-state index contributed by atoms with van der Waals surface area (Å²) >= 11 is 15.6. The lowest BCUT2D eigenvalue weighted by Gasteiger charge is -2.01. The van der Waals surface area contributed by atoms with Crippen molar-refractivity contribution in [2.75, 3.05) is 5.88 Å². The van der Waals surface area contributed by atoms with Gasteiger partial charge in [-0.25, -0.2) is 0 Å². The van der Waals surface area contributed by atoms with E-state index in [1.165, 1.54) is 0 Å². The SMILES string of the molecule is Sc1ccc(Cl)cc1CCCl. The highest BCUT2D eigenvalue weighted by atomic mass is 35.5. The molecule has 1 aromatic carbocycles. The smallest absolute Gasteiger partial charge is 0.0409 e. The van der Waals surface area contributed by atoms with Crippen LogP contribution in [-0.4, -0.2) is 5.88 Å². The van der Waals surface area contributed by atoms with E-state index < -0.39 is 0 Å². The number of benzene rings is 1. The first kappa shape index (κ1) is 9.24. The zero-order valence-corrected chi connectivity index (χ0v) is 8.26. The van der Waals surface area contributed by atoms with E-state index in [0.29, 0.717) is 5.88 Å². The van der Waals surface area contributed by atoms with Crippen molar-refractivity contribution in [3.8, 4) is 0 Å². The molecule has 3 heteroatoms. The molecule has 0 aliphatic heterocycles. The van der Waals surface area contributed by atoms with Crippen molar-refractivity contribution in [1.82, 2.24) is 0 Å². The minimum Gasteiger partial charge on any atom is -0.143 e. The van der Waals surface area contributed by atoms with Crippen LogP contribution in [0.1, 0.15) is 5.56 Å². The van der Waals surface area contributed by atoms with Crippen LogP contribution in [-0.2, 0) is 6.42 Å². The van der Waals surface area contributed by atoms with Gasteiger partial charge in [0.2, 0.25) is 0 Å². The van der Waals surface area contributed by atoms with Gasteiger partial charge in [0.1, 0.15) is 0 Å². The summed E-state index contributed by atoms with van der Waals surface area (Å²) < 4.78 is 0. The fraction of sp³-hybridized carbons (Fsp3) is 0.250. The van der Waals surface area contributed by atoms with Gasteiger partial charge >= 0.3 is 0 Å². The summed E-state index contributed by atoms with van der Waals surface area (Å²) in [6.45, 7) is 0. The molecule has 0 N–H and O–H groups in total. The van der Waals surface area contributed by atoms with E-state index in [1.54, 1.807) is 0 Å². The van der Waals surface area contributed by atoms with Gasteiger partial charge in [0, 0.05) is 15.8 Å². The fourth-order valence-electron chi connectivity index (χ4n) is 0.856. The Balaban J connectivity index is 2.93. The van der Waals surface area contributed by atoms with Crippen LogP contribution in [0.25, 0.3) is 0 Å². The zero-order valence-electron chi connectivity index (χ0n) is 5.85. The van der Waals surface area contributed by atoms with E-state index in [4.69, 9.17) is 23.2 Å². The summed E-state index contributed by atoms with van der Waals surface area (Å²) in [6, 6.07) is 5.60. The summed E-state index contributed by atoms with van der Waals surface area (Å²) in [5, 5.41) is 0.739. The van der Waals surface area contributed by atoms with Gasteiger partial charge in [0.25, 0.3) is 0 Å².